The molecule has 0 amide bonds. The Hall–Kier alpha value is -2.28. The smallest absolute Gasteiger partial charge is 0.340 e. The van der Waals surface area contributed by atoms with Gasteiger partial charge in [0.05, 0.1) is 5.69 Å². The molecule has 1 aliphatic carbocycles. The molecule has 152 valence electrons. The molecule has 0 aliphatic heterocycles. The number of rotatable bonds is 6. The first kappa shape index (κ1) is 20.5. The molecule has 1 heterocycles. The van der Waals surface area contributed by atoms with Gasteiger partial charge in [0.15, 0.2) is 5.60 Å². The van der Waals surface area contributed by atoms with Crippen LogP contribution in [0, 0.1) is 12.8 Å². The van der Waals surface area contributed by atoms with Crippen LogP contribution >= 0.6 is 0 Å². The molecule has 5 nitrogen and oxygen atoms in total. The fraction of sp³-hybridized carbons (Fsp3) is 0.524. The summed E-state index contributed by atoms with van der Waals surface area (Å²) >= 11 is 0. The van der Waals surface area contributed by atoms with Crippen molar-refractivity contribution in [1.29, 1.82) is 0 Å². The number of hydrogen-bond donors (Lipinski definition) is 2. The van der Waals surface area contributed by atoms with Crippen LogP contribution in [-0.4, -0.2) is 31.7 Å². The molecule has 0 spiro atoms. The van der Waals surface area contributed by atoms with E-state index in [1.54, 1.807) is 24.5 Å². The van der Waals surface area contributed by atoms with Crippen LogP contribution in [0.5, 0.6) is 0 Å². The van der Waals surface area contributed by atoms with Crippen molar-refractivity contribution in [3.05, 3.63) is 47.5 Å². The van der Waals surface area contributed by atoms with Gasteiger partial charge in [-0.25, -0.2) is 18.6 Å². The molecule has 1 aromatic heterocycles. The minimum Gasteiger partial charge on any atom is -0.479 e. The highest BCUT2D eigenvalue weighted by molar-refractivity contribution is 5.81. The molecule has 1 aromatic carbocycles. The number of benzene rings is 1. The van der Waals surface area contributed by atoms with Crippen molar-refractivity contribution < 1.29 is 23.8 Å². The molecule has 0 radical (unpaired) electrons. The molecule has 7 heteroatoms. The van der Waals surface area contributed by atoms with Crippen LogP contribution in [0.15, 0.2) is 30.6 Å². The lowest BCUT2D eigenvalue weighted by atomic mass is 9.70. The standard InChI is InChI=1S/C21H26F2N2O3/c1-3-6-16-17(8-4-9-18(16)25-12-11-24-14(25)2)21(28,19(26)27)15-7-5-10-20(22,23)13-15/h4,8-9,11-12,15,28H,3,5-7,10,13H2,1-2H3,(H,26,27). The molecule has 2 atom stereocenters. The summed E-state index contributed by atoms with van der Waals surface area (Å²) in [6.07, 6.45) is 4.18. The highest BCUT2D eigenvalue weighted by Crippen LogP contribution is 2.46. The first-order valence-corrected chi connectivity index (χ1v) is 9.67. The third-order valence-electron chi connectivity index (χ3n) is 5.70. The van der Waals surface area contributed by atoms with Gasteiger partial charge in [-0.2, -0.15) is 0 Å². The quantitative estimate of drug-likeness (QED) is 0.771. The molecule has 2 N–H and O–H groups in total. The van der Waals surface area contributed by atoms with E-state index in [4.69, 9.17) is 0 Å². The normalized spacial score (nSPS) is 21.2. The van der Waals surface area contributed by atoms with Gasteiger partial charge in [-0.3, -0.25) is 0 Å². The van der Waals surface area contributed by atoms with Gasteiger partial charge in [0.2, 0.25) is 5.92 Å². The van der Waals surface area contributed by atoms with Crippen molar-refractivity contribution in [2.45, 2.75) is 63.9 Å². The van der Waals surface area contributed by atoms with Crippen molar-refractivity contribution in [2.75, 3.05) is 0 Å². The van der Waals surface area contributed by atoms with Crippen LogP contribution in [0.25, 0.3) is 5.69 Å². The van der Waals surface area contributed by atoms with Gasteiger partial charge in [0.1, 0.15) is 5.82 Å². The number of aromatic nitrogens is 2. The largest absolute Gasteiger partial charge is 0.479 e. The van der Waals surface area contributed by atoms with Gasteiger partial charge >= 0.3 is 5.97 Å². The van der Waals surface area contributed by atoms with Crippen LogP contribution in [0.3, 0.4) is 0 Å². The van der Waals surface area contributed by atoms with Crippen molar-refractivity contribution in [2.24, 2.45) is 5.92 Å². The Bertz CT molecular complexity index is 865. The van der Waals surface area contributed by atoms with Crippen molar-refractivity contribution in [3.8, 4) is 5.69 Å². The molecule has 1 saturated carbocycles. The van der Waals surface area contributed by atoms with E-state index in [2.05, 4.69) is 4.98 Å². The van der Waals surface area contributed by atoms with Crippen LogP contribution in [-0.2, 0) is 16.8 Å². The lowest BCUT2D eigenvalue weighted by molar-refractivity contribution is -0.176. The number of carboxylic acid groups (broad SMARTS) is 1. The molecule has 0 bridgehead atoms. The van der Waals surface area contributed by atoms with Crippen molar-refractivity contribution >= 4 is 5.97 Å². The third-order valence-corrected chi connectivity index (χ3v) is 5.70. The Kier molecular flexibility index (Phi) is 5.57. The fourth-order valence-electron chi connectivity index (χ4n) is 4.34. The summed E-state index contributed by atoms with van der Waals surface area (Å²) in [6, 6.07) is 5.06. The SMILES string of the molecule is CCCc1c(-n2ccnc2C)cccc1C(O)(C(=O)O)C1CCCC(F)(F)C1. The van der Waals surface area contributed by atoms with E-state index in [1.165, 1.54) is 0 Å². The van der Waals surface area contributed by atoms with Crippen LogP contribution in [0.2, 0.25) is 0 Å². The summed E-state index contributed by atoms with van der Waals surface area (Å²) in [5.41, 5.74) is -0.782. The van der Waals surface area contributed by atoms with Gasteiger partial charge in [-0.05, 0) is 37.8 Å². The van der Waals surface area contributed by atoms with Gasteiger partial charge < -0.3 is 14.8 Å². The molecule has 28 heavy (non-hydrogen) atoms. The number of hydrogen-bond acceptors (Lipinski definition) is 3. The number of carboxylic acids is 1. The number of alkyl halides is 2. The number of carbonyl (C=O) groups is 1. The second-order valence-corrected chi connectivity index (χ2v) is 7.62. The van der Waals surface area contributed by atoms with Crippen LogP contribution in [0.1, 0.15) is 56.0 Å². The number of aryl methyl sites for hydroxylation is 1. The highest BCUT2D eigenvalue weighted by Gasteiger charge is 2.52. The monoisotopic (exact) mass is 392 g/mol. The number of imidazole rings is 1. The minimum atomic E-state index is -2.96. The van der Waals surface area contributed by atoms with Crippen molar-refractivity contribution in [3.63, 3.8) is 0 Å². The molecular weight excluding hydrogens is 366 g/mol. The van der Waals surface area contributed by atoms with Crippen LogP contribution in [0.4, 0.5) is 8.78 Å². The lowest BCUT2D eigenvalue weighted by Gasteiger charge is -2.39. The average molecular weight is 392 g/mol. The second-order valence-electron chi connectivity index (χ2n) is 7.62. The first-order chi connectivity index (χ1) is 13.2. The summed E-state index contributed by atoms with van der Waals surface area (Å²) in [5, 5.41) is 21.3. The van der Waals surface area contributed by atoms with E-state index in [0.29, 0.717) is 18.4 Å². The first-order valence-electron chi connectivity index (χ1n) is 9.67. The highest BCUT2D eigenvalue weighted by atomic mass is 19.3. The predicted molar refractivity (Wildman–Crippen MR) is 101 cm³/mol. The molecule has 1 aliphatic rings. The van der Waals surface area contributed by atoms with E-state index in [1.807, 2.05) is 24.5 Å². The maximum atomic E-state index is 14.1. The fourth-order valence-corrected chi connectivity index (χ4v) is 4.34. The summed E-state index contributed by atoms with van der Waals surface area (Å²) in [6.45, 7) is 3.78. The van der Waals surface area contributed by atoms with E-state index in [9.17, 15) is 23.8 Å². The molecule has 2 aromatic rings. The minimum absolute atomic E-state index is 0.191. The second kappa shape index (κ2) is 7.62. The summed E-state index contributed by atoms with van der Waals surface area (Å²) in [7, 11) is 0. The zero-order chi connectivity index (χ0) is 20.5. The Morgan fingerprint density at radius 1 is 1.43 bits per heavy atom. The third kappa shape index (κ3) is 3.55. The van der Waals surface area contributed by atoms with Gasteiger partial charge in [0.25, 0.3) is 0 Å². The molecular formula is C21H26F2N2O3. The number of nitrogens with zero attached hydrogens (tertiary/aromatic N) is 2. The molecule has 0 saturated heterocycles. The number of aliphatic hydroxyl groups is 1. The average Bonchev–Trinajstić information content (AvgIpc) is 3.06. The van der Waals surface area contributed by atoms with Gasteiger partial charge in [-0.15, -0.1) is 0 Å². The lowest BCUT2D eigenvalue weighted by Crippen LogP contribution is -2.47. The van der Waals surface area contributed by atoms with E-state index < -0.39 is 29.8 Å². The zero-order valence-corrected chi connectivity index (χ0v) is 16.2. The molecule has 3 rings (SSSR count). The van der Waals surface area contributed by atoms with E-state index >= 15 is 0 Å². The molecule has 1 fully saturated rings. The summed E-state index contributed by atoms with van der Waals surface area (Å²) < 4.78 is 29.9. The van der Waals surface area contributed by atoms with Crippen LogP contribution < -0.4 is 0 Å². The topological polar surface area (TPSA) is 75.3 Å². The Morgan fingerprint density at radius 2 is 2.18 bits per heavy atom. The summed E-state index contributed by atoms with van der Waals surface area (Å²) in [5.74, 6) is -4.77. The zero-order valence-electron chi connectivity index (χ0n) is 16.2. The van der Waals surface area contributed by atoms with E-state index in [0.717, 1.165) is 11.5 Å². The predicted octanol–water partition coefficient (Wildman–Crippen LogP) is 4.23. The number of aliphatic carboxylic acids is 1. The Morgan fingerprint density at radius 3 is 2.75 bits per heavy atom. The van der Waals surface area contributed by atoms with E-state index in [-0.39, 0.29) is 24.8 Å². The van der Waals surface area contributed by atoms with Gasteiger partial charge in [0, 0.05) is 36.7 Å². The maximum absolute atomic E-state index is 14.1. The summed E-state index contributed by atoms with van der Waals surface area (Å²) in [4.78, 5) is 16.5. The maximum Gasteiger partial charge on any atom is 0.340 e. The Labute approximate surface area is 163 Å². The van der Waals surface area contributed by atoms with Gasteiger partial charge in [-0.1, -0.05) is 25.5 Å². The number of halogens is 2. The Balaban J connectivity index is 2.18. The van der Waals surface area contributed by atoms with Crippen molar-refractivity contribution in [1.82, 2.24) is 9.55 Å². The molecule has 2 unspecified atom stereocenters.